The fraction of sp³-hybridized carbons (Fsp3) is 0.455. The number of rotatable bonds is 3. The van der Waals surface area contributed by atoms with Crippen molar-refractivity contribution in [3.05, 3.63) is 28.5 Å². The van der Waals surface area contributed by atoms with Crippen LogP contribution in [0.25, 0.3) is 0 Å². The van der Waals surface area contributed by atoms with Crippen LogP contribution in [0.1, 0.15) is 13.8 Å². The second kappa shape index (κ2) is 4.49. The predicted molar refractivity (Wildman–Crippen MR) is 63.7 cm³/mol. The van der Waals surface area contributed by atoms with Gasteiger partial charge in [-0.25, -0.2) is 4.39 Å². The van der Waals surface area contributed by atoms with Crippen molar-refractivity contribution in [1.82, 2.24) is 0 Å². The van der Waals surface area contributed by atoms with Crippen LogP contribution in [0.15, 0.2) is 22.7 Å². The summed E-state index contributed by atoms with van der Waals surface area (Å²) in [5.74, 6) is -0.287. The molecular weight excluding hydrogens is 261 g/mol. The van der Waals surface area contributed by atoms with Gasteiger partial charge >= 0.3 is 0 Å². The number of nitrogens with zero attached hydrogens (tertiary/aromatic N) is 1. The number of hydrogen-bond acceptors (Lipinski definition) is 2. The van der Waals surface area contributed by atoms with Crippen molar-refractivity contribution in [2.24, 2.45) is 0 Å². The zero-order valence-electron chi connectivity index (χ0n) is 9.09. The molecule has 2 nitrogen and oxygen atoms in total. The van der Waals surface area contributed by atoms with E-state index in [0.29, 0.717) is 12.2 Å². The Kier molecular flexibility index (Phi) is 3.73. The van der Waals surface area contributed by atoms with Crippen LogP contribution in [-0.4, -0.2) is 24.3 Å². The molecule has 0 aromatic heterocycles. The summed E-state index contributed by atoms with van der Waals surface area (Å²) in [7, 11) is 1.75. The second-order valence-corrected chi connectivity index (χ2v) is 5.18. The number of hydrogen-bond donors (Lipinski definition) is 1. The van der Waals surface area contributed by atoms with Crippen molar-refractivity contribution < 1.29 is 9.50 Å². The third-order valence-electron chi connectivity index (χ3n) is 1.94. The molecule has 0 saturated heterocycles. The van der Waals surface area contributed by atoms with E-state index in [1.807, 2.05) is 0 Å². The van der Waals surface area contributed by atoms with Crippen molar-refractivity contribution in [1.29, 1.82) is 0 Å². The van der Waals surface area contributed by atoms with Crippen molar-refractivity contribution in [2.75, 3.05) is 18.5 Å². The van der Waals surface area contributed by atoms with Gasteiger partial charge in [-0.2, -0.15) is 0 Å². The summed E-state index contributed by atoms with van der Waals surface area (Å²) in [4.78, 5) is 1.69. The van der Waals surface area contributed by atoms with E-state index in [1.165, 1.54) is 6.07 Å². The lowest BCUT2D eigenvalue weighted by Gasteiger charge is -2.27. The number of anilines is 1. The van der Waals surface area contributed by atoms with Gasteiger partial charge in [0, 0.05) is 18.1 Å². The van der Waals surface area contributed by atoms with E-state index in [2.05, 4.69) is 15.9 Å². The molecule has 0 spiro atoms. The molecule has 0 bridgehead atoms. The summed E-state index contributed by atoms with van der Waals surface area (Å²) in [6.45, 7) is 3.76. The molecule has 0 radical (unpaired) electrons. The van der Waals surface area contributed by atoms with Gasteiger partial charge in [0.15, 0.2) is 0 Å². The van der Waals surface area contributed by atoms with Crippen LogP contribution in [0.5, 0.6) is 0 Å². The molecule has 0 amide bonds. The van der Waals surface area contributed by atoms with Crippen LogP contribution in [0, 0.1) is 5.82 Å². The minimum atomic E-state index is -0.844. The minimum Gasteiger partial charge on any atom is -0.389 e. The molecule has 0 fully saturated rings. The highest BCUT2D eigenvalue weighted by Gasteiger charge is 2.17. The average molecular weight is 276 g/mol. The van der Waals surface area contributed by atoms with E-state index in [4.69, 9.17) is 0 Å². The van der Waals surface area contributed by atoms with Gasteiger partial charge in [-0.15, -0.1) is 0 Å². The molecule has 0 atom stereocenters. The standard InChI is InChI=1S/C11H15BrFNO/c1-11(2,15)7-14(3)10-6-8(12)4-5-9(10)13/h4-6,15H,7H2,1-3H3. The first-order chi connectivity index (χ1) is 6.79. The van der Waals surface area contributed by atoms with E-state index >= 15 is 0 Å². The Morgan fingerprint density at radius 1 is 1.47 bits per heavy atom. The van der Waals surface area contributed by atoms with Crippen LogP contribution >= 0.6 is 15.9 Å². The Hall–Kier alpha value is -0.610. The van der Waals surface area contributed by atoms with E-state index in [9.17, 15) is 9.50 Å². The molecule has 1 rings (SSSR count). The molecule has 0 aliphatic carbocycles. The van der Waals surface area contributed by atoms with Gasteiger partial charge in [0.2, 0.25) is 0 Å². The Morgan fingerprint density at radius 2 is 2.07 bits per heavy atom. The molecule has 15 heavy (non-hydrogen) atoms. The number of benzene rings is 1. The van der Waals surface area contributed by atoms with E-state index in [1.54, 1.807) is 37.9 Å². The zero-order chi connectivity index (χ0) is 11.6. The summed E-state index contributed by atoms with van der Waals surface area (Å²) in [5.41, 5.74) is -0.366. The molecule has 1 N–H and O–H groups in total. The number of halogens is 2. The Labute approximate surface area is 97.8 Å². The van der Waals surface area contributed by atoms with Crippen molar-refractivity contribution >= 4 is 21.6 Å². The highest BCUT2D eigenvalue weighted by Crippen LogP contribution is 2.24. The quantitative estimate of drug-likeness (QED) is 0.917. The summed E-state index contributed by atoms with van der Waals surface area (Å²) < 4.78 is 14.3. The van der Waals surface area contributed by atoms with Crippen LogP contribution in [0.3, 0.4) is 0 Å². The third-order valence-corrected chi connectivity index (χ3v) is 2.44. The van der Waals surface area contributed by atoms with E-state index in [-0.39, 0.29) is 5.82 Å². The largest absolute Gasteiger partial charge is 0.389 e. The Bertz CT molecular complexity index is 349. The Morgan fingerprint density at radius 3 is 2.60 bits per heavy atom. The maximum Gasteiger partial charge on any atom is 0.146 e. The van der Waals surface area contributed by atoms with E-state index in [0.717, 1.165) is 4.47 Å². The summed E-state index contributed by atoms with van der Waals surface area (Å²) in [6.07, 6.45) is 0. The lowest BCUT2D eigenvalue weighted by molar-refractivity contribution is 0.0885. The van der Waals surface area contributed by atoms with Crippen molar-refractivity contribution in [3.63, 3.8) is 0 Å². The fourth-order valence-corrected chi connectivity index (χ4v) is 1.79. The second-order valence-electron chi connectivity index (χ2n) is 4.26. The Balaban J connectivity index is 2.90. The van der Waals surface area contributed by atoms with Gasteiger partial charge in [-0.05, 0) is 32.0 Å². The lowest BCUT2D eigenvalue weighted by Crippen LogP contribution is -2.36. The van der Waals surface area contributed by atoms with Gasteiger partial charge in [0.25, 0.3) is 0 Å². The molecule has 1 aromatic carbocycles. The van der Waals surface area contributed by atoms with Crippen LogP contribution in [0.4, 0.5) is 10.1 Å². The first kappa shape index (κ1) is 12.5. The predicted octanol–water partition coefficient (Wildman–Crippen LogP) is 2.80. The van der Waals surface area contributed by atoms with Gasteiger partial charge in [0.05, 0.1) is 11.3 Å². The topological polar surface area (TPSA) is 23.5 Å². The molecule has 4 heteroatoms. The monoisotopic (exact) mass is 275 g/mol. The van der Waals surface area contributed by atoms with Crippen LogP contribution in [-0.2, 0) is 0 Å². The number of aliphatic hydroxyl groups is 1. The maximum absolute atomic E-state index is 13.5. The maximum atomic E-state index is 13.5. The lowest BCUT2D eigenvalue weighted by atomic mass is 10.1. The minimum absolute atomic E-state index is 0.287. The molecule has 0 aliphatic rings. The van der Waals surface area contributed by atoms with Crippen LogP contribution in [0.2, 0.25) is 0 Å². The van der Waals surface area contributed by atoms with Gasteiger partial charge in [0.1, 0.15) is 5.82 Å². The van der Waals surface area contributed by atoms with Crippen molar-refractivity contribution in [3.8, 4) is 0 Å². The average Bonchev–Trinajstić information content (AvgIpc) is 2.06. The summed E-state index contributed by atoms with van der Waals surface area (Å²) in [5, 5.41) is 9.63. The molecule has 0 aliphatic heterocycles. The summed E-state index contributed by atoms with van der Waals surface area (Å²) in [6, 6.07) is 4.75. The SMILES string of the molecule is CN(CC(C)(C)O)c1cc(Br)ccc1F. The van der Waals surface area contributed by atoms with E-state index < -0.39 is 5.60 Å². The van der Waals surface area contributed by atoms with Gasteiger partial charge in [-0.3, -0.25) is 0 Å². The molecule has 0 saturated carbocycles. The molecular formula is C11H15BrFNO. The van der Waals surface area contributed by atoms with Gasteiger partial charge < -0.3 is 10.0 Å². The number of likely N-dealkylation sites (N-methyl/N-ethyl adjacent to an activating group) is 1. The normalized spacial score (nSPS) is 11.6. The zero-order valence-corrected chi connectivity index (χ0v) is 10.7. The highest BCUT2D eigenvalue weighted by molar-refractivity contribution is 9.10. The molecule has 1 aromatic rings. The summed E-state index contributed by atoms with van der Waals surface area (Å²) >= 11 is 3.29. The first-order valence-corrected chi connectivity index (χ1v) is 5.47. The third kappa shape index (κ3) is 3.80. The smallest absolute Gasteiger partial charge is 0.146 e. The fourth-order valence-electron chi connectivity index (χ4n) is 1.44. The first-order valence-electron chi connectivity index (χ1n) is 4.68. The molecule has 84 valence electrons. The van der Waals surface area contributed by atoms with Crippen LogP contribution < -0.4 is 4.90 Å². The molecule has 0 unspecified atom stereocenters. The van der Waals surface area contributed by atoms with Gasteiger partial charge in [-0.1, -0.05) is 15.9 Å². The van der Waals surface area contributed by atoms with Crippen molar-refractivity contribution in [2.45, 2.75) is 19.4 Å². The molecule has 0 heterocycles. The highest BCUT2D eigenvalue weighted by atomic mass is 79.9.